The number of fused-ring (bicyclic) bond motifs is 1. The molecule has 96 valence electrons. The fraction of sp³-hybridized carbons (Fsp3) is 0.143. The molecule has 5 heteroatoms. The van der Waals surface area contributed by atoms with Gasteiger partial charge in [0.1, 0.15) is 13.2 Å². The summed E-state index contributed by atoms with van der Waals surface area (Å²) in [7, 11) is 0. The van der Waals surface area contributed by atoms with E-state index < -0.39 is 11.6 Å². The Morgan fingerprint density at radius 2 is 2.00 bits per heavy atom. The van der Waals surface area contributed by atoms with Crippen molar-refractivity contribution in [2.75, 3.05) is 13.2 Å². The highest BCUT2D eigenvalue weighted by molar-refractivity contribution is 6.11. The second-order valence-corrected chi connectivity index (χ2v) is 4.01. The number of ketones is 1. The summed E-state index contributed by atoms with van der Waals surface area (Å²) in [6.45, 7) is 0.810. The third-order valence-corrected chi connectivity index (χ3v) is 2.83. The zero-order chi connectivity index (χ0) is 13.2. The molecule has 0 saturated heterocycles. The maximum atomic E-state index is 13.6. The molecule has 1 aliphatic heterocycles. The lowest BCUT2D eigenvalue weighted by molar-refractivity contribution is 0.102. The van der Waals surface area contributed by atoms with Crippen LogP contribution in [0.4, 0.5) is 4.39 Å². The Kier molecular flexibility index (Phi) is 2.87. The molecule has 2 aromatic rings. The standard InChI is InChI=1S/C14H10FNO3/c15-11-8-16-5-4-9(11)13(17)10-2-1-3-12-14(10)19-7-6-18-12/h1-5,8H,6-7H2. The summed E-state index contributed by atoms with van der Waals surface area (Å²) in [4.78, 5) is 16.0. The van der Waals surface area contributed by atoms with Gasteiger partial charge in [-0.2, -0.15) is 0 Å². The van der Waals surface area contributed by atoms with E-state index in [2.05, 4.69) is 4.98 Å². The fourth-order valence-electron chi connectivity index (χ4n) is 1.96. The Balaban J connectivity index is 2.08. The predicted octanol–water partition coefficient (Wildman–Crippen LogP) is 2.22. The second kappa shape index (κ2) is 4.68. The van der Waals surface area contributed by atoms with Crippen LogP contribution in [0.5, 0.6) is 11.5 Å². The van der Waals surface area contributed by atoms with E-state index in [1.54, 1.807) is 18.2 Å². The molecule has 4 nitrogen and oxygen atoms in total. The van der Waals surface area contributed by atoms with Crippen LogP contribution in [0, 0.1) is 5.82 Å². The Bertz CT molecular complexity index is 642. The van der Waals surface area contributed by atoms with Crippen molar-refractivity contribution in [2.24, 2.45) is 0 Å². The second-order valence-electron chi connectivity index (χ2n) is 4.01. The van der Waals surface area contributed by atoms with Crippen molar-refractivity contribution < 1.29 is 18.7 Å². The smallest absolute Gasteiger partial charge is 0.199 e. The highest BCUT2D eigenvalue weighted by atomic mass is 19.1. The molecule has 0 fully saturated rings. The van der Waals surface area contributed by atoms with E-state index in [4.69, 9.17) is 9.47 Å². The number of halogens is 1. The average Bonchev–Trinajstić information content (AvgIpc) is 2.46. The summed E-state index contributed by atoms with van der Waals surface area (Å²) in [6.07, 6.45) is 2.39. The van der Waals surface area contributed by atoms with E-state index in [0.29, 0.717) is 30.3 Å². The molecule has 3 rings (SSSR count). The minimum atomic E-state index is -0.651. The molecule has 1 aliphatic rings. The number of benzene rings is 1. The Hall–Kier alpha value is -2.43. The monoisotopic (exact) mass is 259 g/mol. The maximum absolute atomic E-state index is 13.6. The number of carbonyl (C=O) groups excluding carboxylic acids is 1. The third kappa shape index (κ3) is 2.03. The van der Waals surface area contributed by atoms with Crippen LogP contribution in [0.2, 0.25) is 0 Å². The number of nitrogens with zero attached hydrogens (tertiary/aromatic N) is 1. The molecule has 0 atom stereocenters. The molecule has 0 spiro atoms. The van der Waals surface area contributed by atoms with Gasteiger partial charge >= 0.3 is 0 Å². The van der Waals surface area contributed by atoms with Crippen LogP contribution in [-0.2, 0) is 0 Å². The summed E-state index contributed by atoms with van der Waals surface area (Å²) in [6, 6.07) is 6.34. The lowest BCUT2D eigenvalue weighted by Crippen LogP contribution is -2.18. The molecule has 0 bridgehead atoms. The number of pyridine rings is 1. The predicted molar refractivity (Wildman–Crippen MR) is 65.1 cm³/mol. The topological polar surface area (TPSA) is 48.4 Å². The molecule has 0 amide bonds. The van der Waals surface area contributed by atoms with Gasteiger partial charge in [-0.15, -0.1) is 0 Å². The number of hydrogen-bond acceptors (Lipinski definition) is 4. The zero-order valence-electron chi connectivity index (χ0n) is 9.93. The van der Waals surface area contributed by atoms with Crippen LogP contribution in [0.15, 0.2) is 36.7 Å². The van der Waals surface area contributed by atoms with Crippen molar-refractivity contribution in [3.63, 3.8) is 0 Å². The summed E-state index contributed by atoms with van der Waals surface area (Å²) in [5.41, 5.74) is 0.264. The van der Waals surface area contributed by atoms with Gasteiger partial charge in [0.25, 0.3) is 0 Å². The van der Waals surface area contributed by atoms with Gasteiger partial charge in [-0.3, -0.25) is 9.78 Å². The average molecular weight is 259 g/mol. The van der Waals surface area contributed by atoms with Crippen LogP contribution in [0.3, 0.4) is 0 Å². The van der Waals surface area contributed by atoms with Crippen LogP contribution in [0.25, 0.3) is 0 Å². The van der Waals surface area contributed by atoms with Crippen molar-refractivity contribution in [3.05, 3.63) is 53.6 Å². The van der Waals surface area contributed by atoms with Crippen LogP contribution >= 0.6 is 0 Å². The van der Waals surface area contributed by atoms with Crippen LogP contribution in [-0.4, -0.2) is 24.0 Å². The number of hydrogen-bond donors (Lipinski definition) is 0. The van der Waals surface area contributed by atoms with Crippen LogP contribution in [0.1, 0.15) is 15.9 Å². The molecule has 19 heavy (non-hydrogen) atoms. The van der Waals surface area contributed by atoms with Gasteiger partial charge in [0, 0.05) is 6.20 Å². The molecule has 2 heterocycles. The number of carbonyl (C=O) groups is 1. The van der Waals surface area contributed by atoms with Gasteiger partial charge in [0.2, 0.25) is 0 Å². The summed E-state index contributed by atoms with van der Waals surface area (Å²) in [5.74, 6) is -0.217. The molecular weight excluding hydrogens is 249 g/mol. The number of rotatable bonds is 2. The van der Waals surface area contributed by atoms with Gasteiger partial charge in [-0.05, 0) is 18.2 Å². The SMILES string of the molecule is O=C(c1ccncc1F)c1cccc2c1OCCO2. The molecular formula is C14H10FNO3. The summed E-state index contributed by atoms with van der Waals surface area (Å²) in [5, 5.41) is 0. The number of ether oxygens (including phenoxy) is 2. The van der Waals surface area contributed by atoms with Gasteiger partial charge in [0.15, 0.2) is 23.1 Å². The third-order valence-electron chi connectivity index (χ3n) is 2.83. The highest BCUT2D eigenvalue weighted by Crippen LogP contribution is 2.34. The van der Waals surface area contributed by atoms with E-state index >= 15 is 0 Å². The van der Waals surface area contributed by atoms with E-state index in [9.17, 15) is 9.18 Å². The first kappa shape index (κ1) is 11.6. The first-order valence-corrected chi connectivity index (χ1v) is 5.80. The Morgan fingerprint density at radius 3 is 2.84 bits per heavy atom. The molecule has 0 unspecified atom stereocenters. The lowest BCUT2D eigenvalue weighted by Gasteiger charge is -2.20. The Labute approximate surface area is 108 Å². The fourth-order valence-corrected chi connectivity index (χ4v) is 1.96. The minimum Gasteiger partial charge on any atom is -0.486 e. The number of aromatic nitrogens is 1. The van der Waals surface area contributed by atoms with E-state index in [-0.39, 0.29) is 5.56 Å². The first-order chi connectivity index (χ1) is 9.27. The molecule has 0 N–H and O–H groups in total. The van der Waals surface area contributed by atoms with Crippen molar-refractivity contribution in [1.29, 1.82) is 0 Å². The highest BCUT2D eigenvalue weighted by Gasteiger charge is 2.23. The van der Waals surface area contributed by atoms with Crippen molar-refractivity contribution >= 4 is 5.78 Å². The van der Waals surface area contributed by atoms with Crippen molar-refractivity contribution in [1.82, 2.24) is 4.98 Å². The normalized spacial score (nSPS) is 13.1. The van der Waals surface area contributed by atoms with Gasteiger partial charge in [0.05, 0.1) is 17.3 Å². The molecule has 0 saturated carbocycles. The van der Waals surface area contributed by atoms with E-state index in [1.807, 2.05) is 0 Å². The summed E-state index contributed by atoms with van der Waals surface area (Å²) >= 11 is 0. The van der Waals surface area contributed by atoms with E-state index in [1.165, 1.54) is 12.3 Å². The molecule has 1 aromatic heterocycles. The molecule has 0 radical (unpaired) electrons. The van der Waals surface area contributed by atoms with Gasteiger partial charge < -0.3 is 9.47 Å². The maximum Gasteiger partial charge on any atom is 0.199 e. The Morgan fingerprint density at radius 1 is 1.16 bits per heavy atom. The summed E-state index contributed by atoms with van der Waals surface area (Å²) < 4.78 is 24.5. The quantitative estimate of drug-likeness (QED) is 0.776. The van der Waals surface area contributed by atoms with Gasteiger partial charge in [-0.25, -0.2) is 4.39 Å². The van der Waals surface area contributed by atoms with Crippen molar-refractivity contribution in [2.45, 2.75) is 0 Å². The molecule has 0 aliphatic carbocycles. The van der Waals surface area contributed by atoms with Crippen LogP contribution < -0.4 is 9.47 Å². The minimum absolute atomic E-state index is 0.0300. The zero-order valence-corrected chi connectivity index (χ0v) is 9.93. The largest absolute Gasteiger partial charge is 0.486 e. The molecule has 1 aromatic carbocycles. The number of para-hydroxylation sites is 1. The first-order valence-electron chi connectivity index (χ1n) is 5.80. The van der Waals surface area contributed by atoms with Gasteiger partial charge in [-0.1, -0.05) is 6.07 Å². The lowest BCUT2D eigenvalue weighted by atomic mass is 10.0. The van der Waals surface area contributed by atoms with E-state index in [0.717, 1.165) is 6.20 Å². The van der Waals surface area contributed by atoms with Crippen molar-refractivity contribution in [3.8, 4) is 11.5 Å².